The molecule has 3 nitrogen and oxygen atoms in total. The first-order valence-electron chi connectivity index (χ1n) is 6.14. The Hall–Kier alpha value is -1.94. The number of Topliss-reactive ketones (excluding diaryl/α,β-unsaturated/α-hetero) is 2. The molecule has 2 aromatic carbocycles. The number of ether oxygens (including phenoxy) is 1. The Morgan fingerprint density at radius 3 is 2.15 bits per heavy atom. The number of hydrogen-bond donors (Lipinski definition) is 0. The monoisotopic (exact) mass is 330 g/mol. The van der Waals surface area contributed by atoms with Crippen molar-refractivity contribution in [2.45, 2.75) is 5.92 Å². The van der Waals surface area contributed by atoms with Crippen LogP contribution in [0, 0.1) is 0 Å². The van der Waals surface area contributed by atoms with Gasteiger partial charge in [-0.3, -0.25) is 9.59 Å². The molecule has 3 rings (SSSR count). The van der Waals surface area contributed by atoms with E-state index in [1.54, 1.807) is 42.5 Å². The number of ketones is 2. The molecule has 0 fully saturated rings. The molecule has 20 heavy (non-hydrogen) atoms. The highest BCUT2D eigenvalue weighted by Crippen LogP contribution is 2.38. The van der Waals surface area contributed by atoms with Gasteiger partial charge in [0.1, 0.15) is 11.7 Å². The Morgan fingerprint density at radius 2 is 1.60 bits per heavy atom. The number of rotatable bonds is 2. The molecule has 0 atom stereocenters. The molecular formula is C16H11BrO3. The fourth-order valence-corrected chi connectivity index (χ4v) is 2.89. The Labute approximate surface area is 124 Å². The molecule has 0 heterocycles. The molecule has 0 radical (unpaired) electrons. The van der Waals surface area contributed by atoms with E-state index in [1.807, 2.05) is 0 Å². The van der Waals surface area contributed by atoms with Crippen molar-refractivity contribution in [3.63, 3.8) is 0 Å². The molecule has 1 aliphatic carbocycles. The average Bonchev–Trinajstić information content (AvgIpc) is 2.72. The maximum absolute atomic E-state index is 12.5. The van der Waals surface area contributed by atoms with E-state index in [4.69, 9.17) is 4.74 Å². The first-order chi connectivity index (χ1) is 9.63. The van der Waals surface area contributed by atoms with Crippen LogP contribution in [0.1, 0.15) is 32.2 Å². The van der Waals surface area contributed by atoms with Crippen LogP contribution in [0.5, 0.6) is 5.75 Å². The molecule has 0 bridgehead atoms. The van der Waals surface area contributed by atoms with Crippen LogP contribution in [0.3, 0.4) is 0 Å². The van der Waals surface area contributed by atoms with Crippen molar-refractivity contribution < 1.29 is 14.3 Å². The lowest BCUT2D eigenvalue weighted by Gasteiger charge is -2.12. The zero-order chi connectivity index (χ0) is 14.3. The Bertz CT molecular complexity index is 686. The first kappa shape index (κ1) is 13.1. The Morgan fingerprint density at radius 1 is 1.00 bits per heavy atom. The summed E-state index contributed by atoms with van der Waals surface area (Å²) in [5.41, 5.74) is 1.60. The highest BCUT2D eigenvalue weighted by atomic mass is 79.9. The van der Waals surface area contributed by atoms with E-state index in [-0.39, 0.29) is 11.6 Å². The summed E-state index contributed by atoms with van der Waals surface area (Å²) in [5, 5.41) is 0. The number of hydrogen-bond acceptors (Lipinski definition) is 3. The van der Waals surface area contributed by atoms with E-state index < -0.39 is 5.92 Å². The summed E-state index contributed by atoms with van der Waals surface area (Å²) in [5.74, 6) is -0.577. The van der Waals surface area contributed by atoms with Gasteiger partial charge in [0.25, 0.3) is 0 Å². The van der Waals surface area contributed by atoms with Crippen LogP contribution in [0.4, 0.5) is 0 Å². The van der Waals surface area contributed by atoms with Gasteiger partial charge in [-0.2, -0.15) is 0 Å². The zero-order valence-electron chi connectivity index (χ0n) is 10.7. The maximum atomic E-state index is 12.5. The van der Waals surface area contributed by atoms with Gasteiger partial charge in [-0.25, -0.2) is 0 Å². The molecule has 0 saturated carbocycles. The second-order valence-electron chi connectivity index (χ2n) is 4.59. The Kier molecular flexibility index (Phi) is 3.18. The molecular weight excluding hydrogens is 320 g/mol. The van der Waals surface area contributed by atoms with Gasteiger partial charge < -0.3 is 4.74 Å². The van der Waals surface area contributed by atoms with E-state index in [0.717, 1.165) is 4.47 Å². The number of carbonyl (C=O) groups excluding carboxylic acids is 2. The average molecular weight is 331 g/mol. The fourth-order valence-electron chi connectivity index (χ4n) is 2.55. The minimum Gasteiger partial charge on any atom is -0.496 e. The second kappa shape index (κ2) is 4.87. The summed E-state index contributed by atoms with van der Waals surface area (Å²) in [6.07, 6.45) is 0. The fraction of sp³-hybridized carbons (Fsp3) is 0.125. The highest BCUT2D eigenvalue weighted by molar-refractivity contribution is 9.10. The second-order valence-corrected chi connectivity index (χ2v) is 5.51. The van der Waals surface area contributed by atoms with Gasteiger partial charge in [0.2, 0.25) is 0 Å². The first-order valence-corrected chi connectivity index (χ1v) is 6.93. The maximum Gasteiger partial charge on any atom is 0.178 e. The van der Waals surface area contributed by atoms with E-state index in [2.05, 4.69) is 15.9 Å². The van der Waals surface area contributed by atoms with Crippen molar-refractivity contribution in [3.8, 4) is 5.75 Å². The SMILES string of the molecule is COc1cc(Br)ccc1C1C(=O)c2ccccc2C1=O. The van der Waals surface area contributed by atoms with Gasteiger partial charge >= 0.3 is 0 Å². The third-order valence-corrected chi connectivity index (χ3v) is 3.98. The van der Waals surface area contributed by atoms with Crippen LogP contribution < -0.4 is 4.74 Å². The van der Waals surface area contributed by atoms with Crippen LogP contribution in [0.15, 0.2) is 46.9 Å². The van der Waals surface area contributed by atoms with Crippen molar-refractivity contribution in [2.75, 3.05) is 7.11 Å². The normalized spacial score (nSPS) is 14.5. The molecule has 0 saturated heterocycles. The summed E-state index contributed by atoms with van der Waals surface area (Å²) in [4.78, 5) is 24.9. The third-order valence-electron chi connectivity index (χ3n) is 3.49. The van der Waals surface area contributed by atoms with Crippen molar-refractivity contribution >= 4 is 27.5 Å². The zero-order valence-corrected chi connectivity index (χ0v) is 12.3. The minimum absolute atomic E-state index is 0.161. The molecule has 0 aliphatic heterocycles. The molecule has 0 amide bonds. The van der Waals surface area contributed by atoms with Crippen LogP contribution in [0.2, 0.25) is 0 Å². The van der Waals surface area contributed by atoms with E-state index in [1.165, 1.54) is 7.11 Å². The van der Waals surface area contributed by atoms with Gasteiger partial charge in [0, 0.05) is 21.2 Å². The number of halogens is 1. The molecule has 0 unspecified atom stereocenters. The molecule has 100 valence electrons. The Balaban J connectivity index is 2.14. The quantitative estimate of drug-likeness (QED) is 0.790. The van der Waals surface area contributed by atoms with Crippen molar-refractivity contribution in [1.29, 1.82) is 0 Å². The number of fused-ring (bicyclic) bond motifs is 1. The summed E-state index contributed by atoms with van der Waals surface area (Å²) in [6.45, 7) is 0. The smallest absolute Gasteiger partial charge is 0.178 e. The lowest BCUT2D eigenvalue weighted by Crippen LogP contribution is -2.14. The summed E-state index contributed by atoms with van der Waals surface area (Å²) in [6, 6.07) is 12.3. The third kappa shape index (κ3) is 1.88. The van der Waals surface area contributed by atoms with E-state index >= 15 is 0 Å². The van der Waals surface area contributed by atoms with Gasteiger partial charge in [-0.05, 0) is 12.1 Å². The molecule has 0 aromatic heterocycles. The number of carbonyl (C=O) groups is 2. The van der Waals surface area contributed by atoms with Crippen molar-refractivity contribution in [1.82, 2.24) is 0 Å². The van der Waals surface area contributed by atoms with E-state index in [9.17, 15) is 9.59 Å². The van der Waals surface area contributed by atoms with Gasteiger partial charge in [-0.1, -0.05) is 46.3 Å². The topological polar surface area (TPSA) is 43.4 Å². The molecule has 1 aliphatic rings. The lowest BCUT2D eigenvalue weighted by atomic mass is 9.93. The predicted molar refractivity (Wildman–Crippen MR) is 78.5 cm³/mol. The van der Waals surface area contributed by atoms with Gasteiger partial charge in [-0.15, -0.1) is 0 Å². The standard InChI is InChI=1S/C16H11BrO3/c1-20-13-8-9(17)6-7-12(13)14-15(18)10-4-2-3-5-11(10)16(14)19/h2-8,14H,1H3. The van der Waals surface area contributed by atoms with Gasteiger partial charge in [0.15, 0.2) is 11.6 Å². The number of benzene rings is 2. The molecule has 2 aromatic rings. The van der Waals surface area contributed by atoms with Crippen molar-refractivity contribution in [2.24, 2.45) is 0 Å². The van der Waals surface area contributed by atoms with Crippen LogP contribution in [-0.4, -0.2) is 18.7 Å². The number of methoxy groups -OCH3 is 1. The molecule has 0 N–H and O–H groups in total. The predicted octanol–water partition coefficient (Wildman–Crippen LogP) is 3.62. The highest BCUT2D eigenvalue weighted by Gasteiger charge is 2.40. The molecule has 0 spiro atoms. The van der Waals surface area contributed by atoms with Crippen LogP contribution >= 0.6 is 15.9 Å². The van der Waals surface area contributed by atoms with Crippen LogP contribution in [0.25, 0.3) is 0 Å². The minimum atomic E-state index is -0.796. The largest absolute Gasteiger partial charge is 0.496 e. The summed E-state index contributed by atoms with van der Waals surface area (Å²) >= 11 is 3.35. The summed E-state index contributed by atoms with van der Waals surface area (Å²) in [7, 11) is 1.53. The molecule has 4 heteroatoms. The van der Waals surface area contributed by atoms with Gasteiger partial charge in [0.05, 0.1) is 7.11 Å². The van der Waals surface area contributed by atoms with E-state index in [0.29, 0.717) is 22.4 Å². The summed E-state index contributed by atoms with van der Waals surface area (Å²) < 4.78 is 6.14. The lowest BCUT2D eigenvalue weighted by molar-refractivity contribution is 0.0888. The van der Waals surface area contributed by atoms with Crippen molar-refractivity contribution in [3.05, 3.63) is 63.6 Å². The van der Waals surface area contributed by atoms with Crippen LogP contribution in [-0.2, 0) is 0 Å².